The van der Waals surface area contributed by atoms with Crippen molar-refractivity contribution in [2.75, 3.05) is 13.9 Å². The van der Waals surface area contributed by atoms with Gasteiger partial charge in [-0.2, -0.15) is 0 Å². The first-order valence-electron chi connectivity index (χ1n) is 9.11. The highest BCUT2D eigenvalue weighted by atomic mass is 16.7. The second-order valence-corrected chi connectivity index (χ2v) is 6.79. The molecule has 0 saturated carbocycles. The van der Waals surface area contributed by atoms with Crippen molar-refractivity contribution in [3.63, 3.8) is 0 Å². The molecule has 2 aromatic carbocycles. The summed E-state index contributed by atoms with van der Waals surface area (Å²) in [5, 5.41) is 0.471. The fourth-order valence-electron chi connectivity index (χ4n) is 3.58. The molecule has 0 fully saturated rings. The molecular formula is C23H17NO5. The molecular weight excluding hydrogens is 370 g/mol. The van der Waals surface area contributed by atoms with Crippen LogP contribution in [-0.4, -0.2) is 18.9 Å². The number of methoxy groups -OCH3 is 1. The van der Waals surface area contributed by atoms with Crippen molar-refractivity contribution in [1.29, 1.82) is 0 Å². The van der Waals surface area contributed by atoms with E-state index in [4.69, 9.17) is 18.6 Å². The van der Waals surface area contributed by atoms with Gasteiger partial charge in [0.15, 0.2) is 17.3 Å². The molecule has 1 aliphatic rings. The average molecular weight is 387 g/mol. The highest BCUT2D eigenvalue weighted by Crippen LogP contribution is 2.40. The van der Waals surface area contributed by atoms with Gasteiger partial charge in [-0.1, -0.05) is 0 Å². The number of aromatic nitrogens is 1. The van der Waals surface area contributed by atoms with Gasteiger partial charge in [0, 0.05) is 23.5 Å². The summed E-state index contributed by atoms with van der Waals surface area (Å²) in [4.78, 5) is 17.3. The van der Waals surface area contributed by atoms with Crippen LogP contribution in [-0.2, 0) is 0 Å². The van der Waals surface area contributed by atoms with Crippen LogP contribution in [0.5, 0.6) is 17.2 Å². The molecule has 0 unspecified atom stereocenters. The highest BCUT2D eigenvalue weighted by molar-refractivity contribution is 5.94. The first-order valence-corrected chi connectivity index (χ1v) is 9.11. The summed E-state index contributed by atoms with van der Waals surface area (Å²) in [6.07, 6.45) is 3.42. The van der Waals surface area contributed by atoms with Crippen LogP contribution in [0.15, 0.2) is 64.1 Å². The number of aryl methyl sites for hydroxylation is 1. The van der Waals surface area contributed by atoms with Gasteiger partial charge in [-0.05, 0) is 60.5 Å². The van der Waals surface area contributed by atoms with Crippen LogP contribution in [0.25, 0.3) is 33.4 Å². The zero-order chi connectivity index (χ0) is 20.0. The maximum absolute atomic E-state index is 13.3. The van der Waals surface area contributed by atoms with Crippen molar-refractivity contribution < 1.29 is 18.6 Å². The number of pyridine rings is 1. The van der Waals surface area contributed by atoms with E-state index in [1.807, 2.05) is 37.3 Å². The smallest absolute Gasteiger partial charge is 0.235 e. The van der Waals surface area contributed by atoms with Crippen LogP contribution in [0.2, 0.25) is 0 Å². The molecule has 6 heteroatoms. The lowest BCUT2D eigenvalue weighted by Crippen LogP contribution is -2.08. The Balaban J connectivity index is 1.83. The lowest BCUT2D eigenvalue weighted by atomic mass is 10.00. The molecule has 0 radical (unpaired) electrons. The van der Waals surface area contributed by atoms with Gasteiger partial charge >= 0.3 is 0 Å². The van der Waals surface area contributed by atoms with E-state index in [0.717, 1.165) is 16.7 Å². The van der Waals surface area contributed by atoms with E-state index in [1.165, 1.54) is 7.11 Å². The SMILES string of the molecule is COc1c(-c2ccc3c(c2)OCO3)oc2c(-c3ccncc3)cc(C)cc2c1=O. The molecule has 0 spiro atoms. The van der Waals surface area contributed by atoms with Crippen molar-refractivity contribution in [3.8, 4) is 39.7 Å². The lowest BCUT2D eigenvalue weighted by molar-refractivity contribution is 0.174. The van der Waals surface area contributed by atoms with E-state index >= 15 is 0 Å². The molecule has 1 aliphatic heterocycles. The molecule has 0 N–H and O–H groups in total. The van der Waals surface area contributed by atoms with Crippen molar-refractivity contribution >= 4 is 11.0 Å². The Labute approximate surface area is 166 Å². The summed E-state index contributed by atoms with van der Waals surface area (Å²) in [5.74, 6) is 1.76. The Morgan fingerprint density at radius 3 is 2.55 bits per heavy atom. The van der Waals surface area contributed by atoms with Crippen molar-refractivity contribution in [1.82, 2.24) is 4.98 Å². The van der Waals surface area contributed by atoms with Gasteiger partial charge in [0.2, 0.25) is 18.0 Å². The van der Waals surface area contributed by atoms with Gasteiger partial charge in [-0.15, -0.1) is 0 Å². The molecule has 4 aromatic rings. The largest absolute Gasteiger partial charge is 0.490 e. The van der Waals surface area contributed by atoms with Gasteiger partial charge in [-0.25, -0.2) is 0 Å². The minimum absolute atomic E-state index is 0.155. The van der Waals surface area contributed by atoms with Gasteiger partial charge < -0.3 is 18.6 Å². The molecule has 0 saturated heterocycles. The van der Waals surface area contributed by atoms with Crippen LogP contribution >= 0.6 is 0 Å². The monoisotopic (exact) mass is 387 g/mol. The Bertz CT molecular complexity index is 1290. The molecule has 29 heavy (non-hydrogen) atoms. The lowest BCUT2D eigenvalue weighted by Gasteiger charge is -2.13. The molecule has 3 heterocycles. The number of rotatable bonds is 3. The summed E-state index contributed by atoms with van der Waals surface area (Å²) < 4.78 is 22.6. The topological polar surface area (TPSA) is 70.8 Å². The van der Waals surface area contributed by atoms with E-state index < -0.39 is 0 Å². The van der Waals surface area contributed by atoms with Gasteiger partial charge in [0.1, 0.15) is 5.58 Å². The third-order valence-corrected chi connectivity index (χ3v) is 4.92. The number of hydrogen-bond donors (Lipinski definition) is 0. The summed E-state index contributed by atoms with van der Waals surface area (Å²) in [5.41, 5.74) is 3.64. The average Bonchev–Trinajstić information content (AvgIpc) is 3.22. The number of ether oxygens (including phenoxy) is 3. The van der Waals surface area contributed by atoms with Crippen LogP contribution in [0, 0.1) is 6.92 Å². The number of fused-ring (bicyclic) bond motifs is 2. The molecule has 0 bridgehead atoms. The Morgan fingerprint density at radius 2 is 1.76 bits per heavy atom. The summed E-state index contributed by atoms with van der Waals surface area (Å²) in [6, 6.07) is 13.0. The van der Waals surface area contributed by atoms with Gasteiger partial charge in [0.25, 0.3) is 0 Å². The predicted octanol–water partition coefficient (Wildman–Crippen LogP) is 4.57. The standard InChI is InChI=1S/C23H17NO5/c1-13-9-16(14-5-7-24-8-6-14)22-17(10-13)20(25)23(26-2)21(29-22)15-3-4-18-19(11-15)28-12-27-18/h3-11H,12H2,1-2H3. The molecule has 0 amide bonds. The van der Waals surface area contributed by atoms with E-state index in [2.05, 4.69) is 4.98 Å². The maximum Gasteiger partial charge on any atom is 0.235 e. The predicted molar refractivity (Wildman–Crippen MR) is 109 cm³/mol. The number of benzene rings is 2. The van der Waals surface area contributed by atoms with E-state index in [1.54, 1.807) is 24.5 Å². The molecule has 144 valence electrons. The van der Waals surface area contributed by atoms with Crippen LogP contribution in [0.3, 0.4) is 0 Å². The van der Waals surface area contributed by atoms with E-state index in [-0.39, 0.29) is 18.0 Å². The third kappa shape index (κ3) is 2.81. The molecule has 5 rings (SSSR count). The van der Waals surface area contributed by atoms with Gasteiger partial charge in [0.05, 0.1) is 12.5 Å². The first-order chi connectivity index (χ1) is 14.2. The summed E-state index contributed by atoms with van der Waals surface area (Å²) >= 11 is 0. The van der Waals surface area contributed by atoms with Crippen molar-refractivity contribution in [2.24, 2.45) is 0 Å². The molecule has 0 atom stereocenters. The minimum Gasteiger partial charge on any atom is -0.490 e. The van der Waals surface area contributed by atoms with E-state index in [9.17, 15) is 4.79 Å². The Morgan fingerprint density at radius 1 is 0.966 bits per heavy atom. The summed E-state index contributed by atoms with van der Waals surface area (Å²) in [7, 11) is 1.47. The van der Waals surface area contributed by atoms with E-state index in [0.29, 0.717) is 33.8 Å². The number of hydrogen-bond acceptors (Lipinski definition) is 6. The molecule has 2 aromatic heterocycles. The second kappa shape index (κ2) is 6.67. The van der Waals surface area contributed by atoms with Crippen molar-refractivity contribution in [3.05, 3.63) is 70.6 Å². The normalized spacial score (nSPS) is 12.3. The maximum atomic E-state index is 13.3. The molecule has 0 aliphatic carbocycles. The third-order valence-electron chi connectivity index (χ3n) is 4.92. The van der Waals surface area contributed by atoms with Crippen LogP contribution in [0.4, 0.5) is 0 Å². The Hall–Kier alpha value is -3.80. The van der Waals surface area contributed by atoms with Crippen LogP contribution in [0.1, 0.15) is 5.56 Å². The zero-order valence-corrected chi connectivity index (χ0v) is 15.9. The fourth-order valence-corrected chi connectivity index (χ4v) is 3.58. The minimum atomic E-state index is -0.222. The quantitative estimate of drug-likeness (QED) is 0.513. The van der Waals surface area contributed by atoms with Crippen LogP contribution < -0.4 is 19.6 Å². The first kappa shape index (κ1) is 17.3. The number of nitrogens with zero attached hydrogens (tertiary/aromatic N) is 1. The second-order valence-electron chi connectivity index (χ2n) is 6.79. The van der Waals surface area contributed by atoms with Gasteiger partial charge in [-0.3, -0.25) is 9.78 Å². The summed E-state index contributed by atoms with van der Waals surface area (Å²) in [6.45, 7) is 2.12. The Kier molecular flexibility index (Phi) is 3.98. The fraction of sp³-hybridized carbons (Fsp3) is 0.130. The molecule has 6 nitrogen and oxygen atoms in total. The zero-order valence-electron chi connectivity index (χ0n) is 15.9. The highest BCUT2D eigenvalue weighted by Gasteiger charge is 2.22. The van der Waals surface area contributed by atoms with Crippen molar-refractivity contribution in [2.45, 2.75) is 6.92 Å².